The lowest BCUT2D eigenvalue weighted by Gasteiger charge is -2.22. The zero-order valence-electron chi connectivity index (χ0n) is 12.4. The summed E-state index contributed by atoms with van der Waals surface area (Å²) in [5.41, 5.74) is 0.971. The van der Waals surface area contributed by atoms with Crippen LogP contribution in [0.15, 0.2) is 29.2 Å². The minimum Gasteiger partial charge on any atom is -0.300 e. The summed E-state index contributed by atoms with van der Waals surface area (Å²) in [6.07, 6.45) is 0.855. The normalized spacial score (nSPS) is 14.1. The van der Waals surface area contributed by atoms with Crippen LogP contribution in [-0.2, 0) is 0 Å². The van der Waals surface area contributed by atoms with Crippen molar-refractivity contribution in [1.82, 2.24) is 5.32 Å². The summed E-state index contributed by atoms with van der Waals surface area (Å²) in [4.78, 5) is 1.28. The van der Waals surface area contributed by atoms with Crippen molar-refractivity contribution >= 4 is 11.8 Å². The summed E-state index contributed by atoms with van der Waals surface area (Å²) in [5.74, 6) is 1.53. The zero-order valence-corrected chi connectivity index (χ0v) is 13.2. The average Bonchev–Trinajstić information content (AvgIpc) is 2.39. The Balaban J connectivity index is 2.47. The Morgan fingerprint density at radius 3 is 2.42 bits per heavy atom. The van der Waals surface area contributed by atoms with Gasteiger partial charge in [0.15, 0.2) is 0 Å². The van der Waals surface area contributed by atoms with Crippen molar-refractivity contribution in [3.8, 4) is 6.07 Å². The van der Waals surface area contributed by atoms with E-state index in [1.807, 2.05) is 25.6 Å². The second-order valence-electron chi connectivity index (χ2n) is 5.30. The first kappa shape index (κ1) is 16.1. The molecule has 19 heavy (non-hydrogen) atoms. The number of hydrogen-bond acceptors (Lipinski definition) is 3. The van der Waals surface area contributed by atoms with Crippen LogP contribution >= 0.6 is 11.8 Å². The molecule has 0 amide bonds. The molecule has 0 aromatic heterocycles. The molecule has 1 rings (SSSR count). The van der Waals surface area contributed by atoms with E-state index in [0.717, 1.165) is 18.7 Å². The maximum absolute atomic E-state index is 9.19. The van der Waals surface area contributed by atoms with E-state index < -0.39 is 5.54 Å². The second kappa shape index (κ2) is 7.57. The molecule has 1 aromatic carbocycles. The molecular formula is C16H24N2S. The zero-order chi connectivity index (χ0) is 14.3. The third-order valence-electron chi connectivity index (χ3n) is 3.23. The number of nitrogens with zero attached hydrogens (tertiary/aromatic N) is 1. The molecule has 0 aliphatic rings. The van der Waals surface area contributed by atoms with Crippen LogP contribution < -0.4 is 5.32 Å². The number of hydrogen-bond donors (Lipinski definition) is 1. The smallest absolute Gasteiger partial charge is 0.104 e. The quantitative estimate of drug-likeness (QED) is 0.759. The van der Waals surface area contributed by atoms with Gasteiger partial charge in [-0.3, -0.25) is 5.32 Å². The highest BCUT2D eigenvalue weighted by Gasteiger charge is 2.21. The van der Waals surface area contributed by atoms with Gasteiger partial charge in [0.2, 0.25) is 0 Å². The fourth-order valence-corrected chi connectivity index (χ4v) is 2.97. The molecule has 0 fully saturated rings. The van der Waals surface area contributed by atoms with E-state index in [1.54, 1.807) is 0 Å². The molecule has 1 atom stereocenters. The third kappa shape index (κ3) is 5.26. The van der Waals surface area contributed by atoms with E-state index in [9.17, 15) is 5.26 Å². The lowest BCUT2D eigenvalue weighted by Crippen LogP contribution is -2.41. The molecule has 1 aromatic rings. The van der Waals surface area contributed by atoms with Crippen molar-refractivity contribution in [2.75, 3.05) is 12.3 Å². The van der Waals surface area contributed by atoms with Crippen molar-refractivity contribution in [1.29, 1.82) is 5.26 Å². The molecular weight excluding hydrogens is 252 g/mol. The molecule has 2 nitrogen and oxygen atoms in total. The predicted octanol–water partition coefficient (Wildman–Crippen LogP) is 4.18. The molecule has 0 saturated carbocycles. The van der Waals surface area contributed by atoms with Gasteiger partial charge in [-0.25, -0.2) is 0 Å². The van der Waals surface area contributed by atoms with Gasteiger partial charge in [0, 0.05) is 10.6 Å². The summed E-state index contributed by atoms with van der Waals surface area (Å²) in [5, 5.41) is 12.4. The molecule has 0 saturated heterocycles. The van der Waals surface area contributed by atoms with Crippen LogP contribution in [0.3, 0.4) is 0 Å². The Morgan fingerprint density at radius 2 is 1.95 bits per heavy atom. The molecule has 0 radical (unpaired) electrons. The van der Waals surface area contributed by atoms with Crippen molar-refractivity contribution in [2.24, 2.45) is 0 Å². The van der Waals surface area contributed by atoms with Crippen LogP contribution in [0.25, 0.3) is 0 Å². The standard InChI is InChI=1S/C16H24N2S/c1-5-18-16(4,12-17)10-11-19-15-8-6-14(7-9-15)13(2)3/h6-9,13,18H,5,10-11H2,1-4H3. The maximum Gasteiger partial charge on any atom is 0.104 e. The molecule has 1 N–H and O–H groups in total. The Kier molecular flexibility index (Phi) is 6.41. The van der Waals surface area contributed by atoms with Crippen LogP contribution in [0.5, 0.6) is 0 Å². The first-order valence-electron chi connectivity index (χ1n) is 6.90. The van der Waals surface area contributed by atoms with Gasteiger partial charge in [0.05, 0.1) is 6.07 Å². The molecule has 0 spiro atoms. The number of benzene rings is 1. The van der Waals surface area contributed by atoms with Crippen LogP contribution in [0, 0.1) is 11.3 Å². The fraction of sp³-hybridized carbons (Fsp3) is 0.562. The molecule has 104 valence electrons. The van der Waals surface area contributed by atoms with E-state index >= 15 is 0 Å². The first-order valence-corrected chi connectivity index (χ1v) is 7.88. The van der Waals surface area contributed by atoms with E-state index in [0.29, 0.717) is 5.92 Å². The maximum atomic E-state index is 9.19. The van der Waals surface area contributed by atoms with Gasteiger partial charge >= 0.3 is 0 Å². The van der Waals surface area contributed by atoms with Crippen molar-refractivity contribution < 1.29 is 0 Å². The van der Waals surface area contributed by atoms with Crippen molar-refractivity contribution in [3.63, 3.8) is 0 Å². The minimum absolute atomic E-state index is 0.403. The van der Waals surface area contributed by atoms with Crippen molar-refractivity contribution in [2.45, 2.75) is 50.5 Å². The number of nitrogens with one attached hydrogen (secondary N) is 1. The van der Waals surface area contributed by atoms with Crippen LogP contribution in [0.2, 0.25) is 0 Å². The predicted molar refractivity (Wildman–Crippen MR) is 83.6 cm³/mol. The summed E-state index contributed by atoms with van der Waals surface area (Å²) >= 11 is 1.82. The van der Waals surface area contributed by atoms with Gasteiger partial charge in [0.25, 0.3) is 0 Å². The Labute approximate surface area is 121 Å². The molecule has 3 heteroatoms. The van der Waals surface area contributed by atoms with Crippen molar-refractivity contribution in [3.05, 3.63) is 29.8 Å². The van der Waals surface area contributed by atoms with Gasteiger partial charge in [0.1, 0.15) is 5.54 Å². The SMILES string of the molecule is CCNC(C)(C#N)CCSc1ccc(C(C)C)cc1. The van der Waals surface area contributed by atoms with Gasteiger partial charge in [-0.15, -0.1) is 11.8 Å². The Morgan fingerprint density at radius 1 is 1.32 bits per heavy atom. The monoisotopic (exact) mass is 276 g/mol. The largest absolute Gasteiger partial charge is 0.300 e. The van der Waals surface area contributed by atoms with E-state index in [1.165, 1.54) is 10.5 Å². The Bertz CT molecular complexity index is 419. The molecule has 1 unspecified atom stereocenters. The van der Waals surface area contributed by atoms with Gasteiger partial charge in [-0.05, 0) is 43.5 Å². The second-order valence-corrected chi connectivity index (χ2v) is 6.46. The van der Waals surface area contributed by atoms with E-state index in [4.69, 9.17) is 0 Å². The molecule has 0 heterocycles. The molecule has 0 aliphatic carbocycles. The van der Waals surface area contributed by atoms with E-state index in [2.05, 4.69) is 49.5 Å². The highest BCUT2D eigenvalue weighted by atomic mass is 32.2. The summed E-state index contributed by atoms with van der Waals surface area (Å²) in [6, 6.07) is 11.1. The van der Waals surface area contributed by atoms with Crippen LogP contribution in [-0.4, -0.2) is 17.8 Å². The van der Waals surface area contributed by atoms with Crippen LogP contribution in [0.1, 0.15) is 45.6 Å². The highest BCUT2D eigenvalue weighted by Crippen LogP contribution is 2.24. The molecule has 0 bridgehead atoms. The fourth-order valence-electron chi connectivity index (χ4n) is 1.90. The minimum atomic E-state index is -0.403. The first-order chi connectivity index (χ1) is 9.00. The highest BCUT2D eigenvalue weighted by molar-refractivity contribution is 7.99. The van der Waals surface area contributed by atoms with Crippen LogP contribution in [0.4, 0.5) is 0 Å². The molecule has 0 aliphatic heterocycles. The third-order valence-corrected chi connectivity index (χ3v) is 4.25. The lowest BCUT2D eigenvalue weighted by molar-refractivity contribution is 0.450. The summed E-state index contributed by atoms with van der Waals surface area (Å²) in [7, 11) is 0. The van der Waals surface area contributed by atoms with Gasteiger partial charge in [-0.2, -0.15) is 5.26 Å². The number of thioether (sulfide) groups is 1. The summed E-state index contributed by atoms with van der Waals surface area (Å²) in [6.45, 7) is 9.25. The average molecular weight is 276 g/mol. The number of nitriles is 1. The summed E-state index contributed by atoms with van der Waals surface area (Å²) < 4.78 is 0. The van der Waals surface area contributed by atoms with Gasteiger partial charge in [-0.1, -0.05) is 32.9 Å². The Hall–Kier alpha value is -0.980. The lowest BCUT2D eigenvalue weighted by atomic mass is 10.0. The number of rotatable bonds is 7. The topological polar surface area (TPSA) is 35.8 Å². The van der Waals surface area contributed by atoms with E-state index in [-0.39, 0.29) is 0 Å². The van der Waals surface area contributed by atoms with Gasteiger partial charge < -0.3 is 0 Å².